The molecule has 0 aromatic heterocycles. The lowest BCUT2D eigenvalue weighted by atomic mass is 10.1. The van der Waals surface area contributed by atoms with Crippen molar-refractivity contribution < 1.29 is 14.6 Å². The van der Waals surface area contributed by atoms with Gasteiger partial charge in [-0.05, 0) is 23.6 Å². The molecule has 1 unspecified atom stereocenters. The number of benzene rings is 2. The average molecular weight is 328 g/mol. The number of carbonyl (C=O) groups is 1. The highest BCUT2D eigenvalue weighted by Crippen LogP contribution is 2.17. The largest absolute Gasteiger partial charge is 0.496 e. The molecule has 0 bridgehead atoms. The number of para-hydroxylation sites is 1. The van der Waals surface area contributed by atoms with Crippen molar-refractivity contribution in [2.75, 3.05) is 20.2 Å². The summed E-state index contributed by atoms with van der Waals surface area (Å²) >= 11 is 0. The van der Waals surface area contributed by atoms with Gasteiger partial charge in [0.05, 0.1) is 13.2 Å². The fraction of sp³-hybridized carbons (Fsp3) is 0.316. The van der Waals surface area contributed by atoms with E-state index in [-0.39, 0.29) is 12.6 Å². The smallest absolute Gasteiger partial charge is 0.314 e. The van der Waals surface area contributed by atoms with Crippen LogP contribution in [0.25, 0.3) is 0 Å². The molecule has 2 amide bonds. The van der Waals surface area contributed by atoms with Gasteiger partial charge in [0.2, 0.25) is 0 Å². The van der Waals surface area contributed by atoms with Crippen LogP contribution in [0.2, 0.25) is 0 Å². The minimum atomic E-state index is -0.604. The second kappa shape index (κ2) is 9.57. The zero-order valence-corrected chi connectivity index (χ0v) is 13.9. The molecule has 128 valence electrons. The Morgan fingerprint density at radius 1 is 1.08 bits per heavy atom. The Morgan fingerprint density at radius 2 is 1.79 bits per heavy atom. The molecule has 2 rings (SSSR count). The normalized spacial score (nSPS) is 11.6. The van der Waals surface area contributed by atoms with Crippen LogP contribution in [0.3, 0.4) is 0 Å². The zero-order valence-electron chi connectivity index (χ0n) is 13.9. The monoisotopic (exact) mass is 328 g/mol. The van der Waals surface area contributed by atoms with E-state index >= 15 is 0 Å². The summed E-state index contributed by atoms with van der Waals surface area (Å²) in [6.45, 7) is 0.719. The SMILES string of the molecule is COc1ccccc1CCNC(=O)NCC(O)Cc1ccccc1. The molecule has 3 N–H and O–H groups in total. The molecule has 0 spiro atoms. The van der Waals surface area contributed by atoms with Crippen molar-refractivity contribution in [2.24, 2.45) is 0 Å². The lowest BCUT2D eigenvalue weighted by Crippen LogP contribution is -2.41. The molecule has 1 atom stereocenters. The second-order valence-electron chi connectivity index (χ2n) is 5.54. The summed E-state index contributed by atoms with van der Waals surface area (Å²) in [7, 11) is 1.63. The number of nitrogens with one attached hydrogen (secondary N) is 2. The number of hydrogen-bond acceptors (Lipinski definition) is 3. The number of rotatable bonds is 8. The third-order valence-electron chi connectivity index (χ3n) is 3.68. The number of ether oxygens (including phenoxy) is 1. The van der Waals surface area contributed by atoms with Crippen molar-refractivity contribution in [1.29, 1.82) is 0 Å². The number of urea groups is 1. The van der Waals surface area contributed by atoms with Gasteiger partial charge in [0.15, 0.2) is 0 Å². The Balaban J connectivity index is 1.66. The highest BCUT2D eigenvalue weighted by atomic mass is 16.5. The van der Waals surface area contributed by atoms with Crippen LogP contribution < -0.4 is 15.4 Å². The van der Waals surface area contributed by atoms with E-state index in [1.807, 2.05) is 54.6 Å². The Hall–Kier alpha value is -2.53. The van der Waals surface area contributed by atoms with Gasteiger partial charge in [-0.2, -0.15) is 0 Å². The topological polar surface area (TPSA) is 70.6 Å². The summed E-state index contributed by atoms with van der Waals surface area (Å²) in [5.74, 6) is 0.818. The minimum Gasteiger partial charge on any atom is -0.496 e. The third-order valence-corrected chi connectivity index (χ3v) is 3.68. The summed E-state index contributed by atoms with van der Waals surface area (Å²) in [5.41, 5.74) is 2.09. The van der Waals surface area contributed by atoms with Crippen LogP contribution >= 0.6 is 0 Å². The van der Waals surface area contributed by atoms with Gasteiger partial charge in [-0.3, -0.25) is 0 Å². The maximum atomic E-state index is 11.8. The van der Waals surface area contributed by atoms with E-state index in [1.165, 1.54) is 0 Å². The first-order valence-corrected chi connectivity index (χ1v) is 8.04. The highest BCUT2D eigenvalue weighted by molar-refractivity contribution is 5.73. The van der Waals surface area contributed by atoms with Crippen LogP contribution in [-0.4, -0.2) is 37.4 Å². The van der Waals surface area contributed by atoms with Crippen molar-refractivity contribution in [2.45, 2.75) is 18.9 Å². The molecular weight excluding hydrogens is 304 g/mol. The van der Waals surface area contributed by atoms with Crippen molar-refractivity contribution in [1.82, 2.24) is 10.6 Å². The summed E-state index contributed by atoms with van der Waals surface area (Å²) in [4.78, 5) is 11.8. The predicted molar refractivity (Wildman–Crippen MR) is 94.3 cm³/mol. The molecule has 0 fully saturated rings. The third kappa shape index (κ3) is 5.93. The maximum absolute atomic E-state index is 11.8. The molecule has 2 aromatic carbocycles. The number of carbonyl (C=O) groups excluding carboxylic acids is 1. The van der Waals surface area contributed by atoms with Gasteiger partial charge in [0.1, 0.15) is 5.75 Å². The van der Waals surface area contributed by atoms with Crippen molar-refractivity contribution >= 4 is 6.03 Å². The van der Waals surface area contributed by atoms with E-state index in [0.717, 1.165) is 16.9 Å². The lowest BCUT2D eigenvalue weighted by molar-refractivity contribution is 0.170. The quantitative estimate of drug-likeness (QED) is 0.695. The Labute approximate surface area is 142 Å². The standard InChI is InChI=1S/C19H24N2O3/c1-24-18-10-6-5-9-16(18)11-12-20-19(23)21-14-17(22)13-15-7-3-2-4-8-15/h2-10,17,22H,11-14H2,1H3,(H2,20,21,23). The Bertz CT molecular complexity index is 632. The number of aliphatic hydroxyl groups is 1. The molecule has 0 radical (unpaired) electrons. The van der Waals surface area contributed by atoms with Crippen molar-refractivity contribution in [3.05, 3.63) is 65.7 Å². The molecule has 0 saturated carbocycles. The van der Waals surface area contributed by atoms with Crippen LogP contribution in [0.4, 0.5) is 4.79 Å². The predicted octanol–water partition coefficient (Wildman–Crippen LogP) is 2.14. The van der Waals surface area contributed by atoms with Crippen molar-refractivity contribution in [3.63, 3.8) is 0 Å². The van der Waals surface area contributed by atoms with E-state index in [1.54, 1.807) is 7.11 Å². The number of aliphatic hydroxyl groups excluding tert-OH is 1. The van der Waals surface area contributed by atoms with E-state index in [2.05, 4.69) is 10.6 Å². The van der Waals surface area contributed by atoms with Gasteiger partial charge < -0.3 is 20.5 Å². The number of methoxy groups -OCH3 is 1. The van der Waals surface area contributed by atoms with Gasteiger partial charge in [-0.15, -0.1) is 0 Å². The van der Waals surface area contributed by atoms with Crippen LogP contribution in [0.15, 0.2) is 54.6 Å². The number of hydrogen-bond donors (Lipinski definition) is 3. The minimum absolute atomic E-state index is 0.218. The molecule has 2 aromatic rings. The Morgan fingerprint density at radius 3 is 2.54 bits per heavy atom. The van der Waals surface area contributed by atoms with Crippen molar-refractivity contribution in [3.8, 4) is 5.75 Å². The lowest BCUT2D eigenvalue weighted by Gasteiger charge is -2.13. The second-order valence-corrected chi connectivity index (χ2v) is 5.54. The highest BCUT2D eigenvalue weighted by Gasteiger charge is 2.08. The van der Waals surface area contributed by atoms with Gasteiger partial charge in [-0.25, -0.2) is 4.79 Å². The van der Waals surface area contributed by atoms with Crippen LogP contribution in [-0.2, 0) is 12.8 Å². The Kier molecular flexibility index (Phi) is 7.11. The summed E-state index contributed by atoms with van der Waals surface area (Å²) < 4.78 is 5.28. The first-order chi connectivity index (χ1) is 11.7. The van der Waals surface area contributed by atoms with E-state index < -0.39 is 6.10 Å². The van der Waals surface area contributed by atoms with Gasteiger partial charge in [0.25, 0.3) is 0 Å². The first-order valence-electron chi connectivity index (χ1n) is 8.04. The van der Waals surface area contributed by atoms with E-state index in [4.69, 9.17) is 4.74 Å². The molecule has 0 heterocycles. The van der Waals surface area contributed by atoms with E-state index in [9.17, 15) is 9.90 Å². The molecule has 0 saturated heterocycles. The molecule has 0 aliphatic carbocycles. The molecule has 0 aliphatic rings. The first kappa shape index (κ1) is 17.8. The maximum Gasteiger partial charge on any atom is 0.314 e. The summed E-state index contributed by atoms with van der Waals surface area (Å²) in [6.07, 6.45) is 0.596. The molecule has 5 heteroatoms. The van der Waals surface area contributed by atoms with Crippen LogP contribution in [0.5, 0.6) is 5.75 Å². The fourth-order valence-corrected chi connectivity index (χ4v) is 2.45. The zero-order chi connectivity index (χ0) is 17.2. The van der Waals surface area contributed by atoms with Gasteiger partial charge >= 0.3 is 6.03 Å². The van der Waals surface area contributed by atoms with Crippen LogP contribution in [0.1, 0.15) is 11.1 Å². The van der Waals surface area contributed by atoms with Gasteiger partial charge in [-0.1, -0.05) is 48.5 Å². The fourth-order valence-electron chi connectivity index (χ4n) is 2.45. The average Bonchev–Trinajstić information content (AvgIpc) is 2.61. The molecule has 0 aliphatic heterocycles. The summed E-state index contributed by atoms with van der Waals surface area (Å²) in [5, 5.41) is 15.4. The molecular formula is C19H24N2O3. The van der Waals surface area contributed by atoms with Gasteiger partial charge in [0, 0.05) is 19.5 Å². The molecule has 24 heavy (non-hydrogen) atoms. The number of amides is 2. The summed E-state index contributed by atoms with van der Waals surface area (Å²) in [6, 6.07) is 17.2. The van der Waals surface area contributed by atoms with Crippen LogP contribution in [0, 0.1) is 0 Å². The molecule has 5 nitrogen and oxygen atoms in total. The van der Waals surface area contributed by atoms with E-state index in [0.29, 0.717) is 19.4 Å².